The Kier molecular flexibility index (Phi) is 5.58. The zero-order valence-electron chi connectivity index (χ0n) is 14.3. The van der Waals surface area contributed by atoms with E-state index in [1.165, 1.54) is 18.2 Å². The van der Waals surface area contributed by atoms with E-state index in [0.29, 0.717) is 10.6 Å². The number of piperazine rings is 1. The van der Waals surface area contributed by atoms with Gasteiger partial charge in [-0.25, -0.2) is 0 Å². The SMILES string of the molecule is COc1ccccc1N1CCN(/N=C/c2cc([N+](=O)[O-])ccc2Cl)CC1. The highest BCUT2D eigenvalue weighted by molar-refractivity contribution is 6.33. The summed E-state index contributed by atoms with van der Waals surface area (Å²) in [5, 5.41) is 17.7. The molecule has 1 heterocycles. The first-order valence-electron chi connectivity index (χ1n) is 8.19. The van der Waals surface area contributed by atoms with E-state index < -0.39 is 4.92 Å². The van der Waals surface area contributed by atoms with Crippen LogP contribution in [-0.2, 0) is 0 Å². The molecule has 0 bridgehead atoms. The first-order valence-corrected chi connectivity index (χ1v) is 8.57. The highest BCUT2D eigenvalue weighted by Gasteiger charge is 2.18. The number of nitrogens with zero attached hydrogens (tertiary/aromatic N) is 4. The van der Waals surface area contributed by atoms with E-state index in [2.05, 4.69) is 10.0 Å². The van der Waals surface area contributed by atoms with Crippen molar-refractivity contribution in [2.24, 2.45) is 5.10 Å². The molecule has 0 unspecified atom stereocenters. The lowest BCUT2D eigenvalue weighted by molar-refractivity contribution is -0.384. The normalized spacial score (nSPS) is 14.7. The van der Waals surface area contributed by atoms with Gasteiger partial charge in [0.05, 0.1) is 37.0 Å². The van der Waals surface area contributed by atoms with Crippen molar-refractivity contribution in [1.29, 1.82) is 0 Å². The number of hydrazone groups is 1. The average molecular weight is 375 g/mol. The molecule has 1 aliphatic rings. The molecule has 0 saturated carbocycles. The van der Waals surface area contributed by atoms with Crippen LogP contribution in [0.3, 0.4) is 0 Å². The summed E-state index contributed by atoms with van der Waals surface area (Å²) < 4.78 is 5.42. The molecule has 136 valence electrons. The fourth-order valence-electron chi connectivity index (χ4n) is 2.83. The Morgan fingerprint density at radius 2 is 1.92 bits per heavy atom. The molecule has 0 radical (unpaired) electrons. The lowest BCUT2D eigenvalue weighted by Gasteiger charge is -2.35. The third-order valence-electron chi connectivity index (χ3n) is 4.23. The number of nitro groups is 1. The zero-order chi connectivity index (χ0) is 18.5. The van der Waals surface area contributed by atoms with E-state index in [1.54, 1.807) is 13.3 Å². The van der Waals surface area contributed by atoms with Gasteiger partial charge in [-0.3, -0.25) is 15.1 Å². The summed E-state index contributed by atoms with van der Waals surface area (Å²) in [6.07, 6.45) is 1.58. The van der Waals surface area contributed by atoms with Crippen molar-refractivity contribution < 1.29 is 9.66 Å². The second kappa shape index (κ2) is 8.05. The maximum atomic E-state index is 10.9. The van der Waals surface area contributed by atoms with Gasteiger partial charge in [0.2, 0.25) is 0 Å². The molecule has 7 nitrogen and oxygen atoms in total. The first kappa shape index (κ1) is 18.0. The first-order chi connectivity index (χ1) is 12.6. The number of ether oxygens (including phenoxy) is 1. The lowest BCUT2D eigenvalue weighted by Crippen LogP contribution is -2.44. The molecular weight excluding hydrogens is 356 g/mol. The highest BCUT2D eigenvalue weighted by atomic mass is 35.5. The van der Waals surface area contributed by atoms with Gasteiger partial charge >= 0.3 is 0 Å². The van der Waals surface area contributed by atoms with Crippen LogP contribution in [0.4, 0.5) is 11.4 Å². The van der Waals surface area contributed by atoms with Crippen molar-refractivity contribution in [1.82, 2.24) is 5.01 Å². The van der Waals surface area contributed by atoms with Gasteiger partial charge in [-0.1, -0.05) is 23.7 Å². The molecule has 8 heteroatoms. The number of non-ortho nitro benzene ring substituents is 1. The number of para-hydroxylation sites is 2. The number of methoxy groups -OCH3 is 1. The van der Waals surface area contributed by atoms with Crippen LogP contribution in [0.25, 0.3) is 0 Å². The van der Waals surface area contributed by atoms with E-state index in [-0.39, 0.29) is 5.69 Å². The molecule has 0 aromatic heterocycles. The molecule has 0 atom stereocenters. The van der Waals surface area contributed by atoms with Gasteiger partial charge < -0.3 is 9.64 Å². The molecule has 2 aromatic rings. The Bertz CT molecular complexity index is 820. The molecule has 26 heavy (non-hydrogen) atoms. The van der Waals surface area contributed by atoms with E-state index in [4.69, 9.17) is 16.3 Å². The van der Waals surface area contributed by atoms with Gasteiger partial charge in [0.15, 0.2) is 0 Å². The van der Waals surface area contributed by atoms with Crippen LogP contribution in [0, 0.1) is 10.1 Å². The van der Waals surface area contributed by atoms with E-state index in [9.17, 15) is 10.1 Å². The van der Waals surface area contributed by atoms with Crippen LogP contribution in [0.2, 0.25) is 5.02 Å². The van der Waals surface area contributed by atoms with Crippen molar-refractivity contribution in [2.75, 3.05) is 38.2 Å². The smallest absolute Gasteiger partial charge is 0.270 e. The molecule has 1 saturated heterocycles. The van der Waals surface area contributed by atoms with Crippen LogP contribution in [-0.4, -0.2) is 49.4 Å². The van der Waals surface area contributed by atoms with Crippen molar-refractivity contribution in [3.05, 3.63) is 63.2 Å². The predicted octanol–water partition coefficient (Wildman–Crippen LogP) is 3.41. The fraction of sp³-hybridized carbons (Fsp3) is 0.278. The number of benzene rings is 2. The molecule has 0 spiro atoms. The average Bonchev–Trinajstić information content (AvgIpc) is 2.67. The molecule has 0 N–H and O–H groups in total. The second-order valence-corrected chi connectivity index (χ2v) is 6.23. The number of anilines is 1. The summed E-state index contributed by atoms with van der Waals surface area (Å²) >= 11 is 6.10. The van der Waals surface area contributed by atoms with Crippen LogP contribution >= 0.6 is 11.6 Å². The topological polar surface area (TPSA) is 71.2 Å². The third-order valence-corrected chi connectivity index (χ3v) is 4.58. The van der Waals surface area contributed by atoms with Gasteiger partial charge in [-0.2, -0.15) is 5.10 Å². The van der Waals surface area contributed by atoms with Crippen molar-refractivity contribution in [3.8, 4) is 5.75 Å². The van der Waals surface area contributed by atoms with Gasteiger partial charge in [-0.15, -0.1) is 0 Å². The number of hydrogen-bond donors (Lipinski definition) is 0. The van der Waals surface area contributed by atoms with Crippen LogP contribution in [0.1, 0.15) is 5.56 Å². The van der Waals surface area contributed by atoms with Crippen molar-refractivity contribution in [3.63, 3.8) is 0 Å². The van der Waals surface area contributed by atoms with Crippen LogP contribution in [0.5, 0.6) is 5.75 Å². The summed E-state index contributed by atoms with van der Waals surface area (Å²) in [5.41, 5.74) is 1.60. The number of hydrogen-bond acceptors (Lipinski definition) is 6. The maximum Gasteiger partial charge on any atom is 0.270 e. The molecule has 0 aliphatic carbocycles. The van der Waals surface area contributed by atoms with E-state index >= 15 is 0 Å². The van der Waals surface area contributed by atoms with Crippen LogP contribution < -0.4 is 9.64 Å². The van der Waals surface area contributed by atoms with Crippen molar-refractivity contribution in [2.45, 2.75) is 0 Å². The molecular formula is C18H19ClN4O3. The minimum atomic E-state index is -0.445. The van der Waals surface area contributed by atoms with Gasteiger partial charge in [0.25, 0.3) is 5.69 Å². The summed E-state index contributed by atoms with van der Waals surface area (Å²) in [6, 6.07) is 12.3. The maximum absolute atomic E-state index is 10.9. The largest absolute Gasteiger partial charge is 0.495 e. The highest BCUT2D eigenvalue weighted by Crippen LogP contribution is 2.28. The number of rotatable bonds is 5. The third kappa shape index (κ3) is 4.05. The summed E-state index contributed by atoms with van der Waals surface area (Å²) in [6.45, 7) is 3.09. The van der Waals surface area contributed by atoms with Gasteiger partial charge in [0.1, 0.15) is 5.75 Å². The lowest BCUT2D eigenvalue weighted by atomic mass is 10.2. The fourth-order valence-corrected chi connectivity index (χ4v) is 3.00. The quantitative estimate of drug-likeness (QED) is 0.455. The number of nitro benzene ring substituents is 1. The minimum absolute atomic E-state index is 0.00292. The van der Waals surface area contributed by atoms with E-state index in [0.717, 1.165) is 37.6 Å². The Morgan fingerprint density at radius 3 is 2.62 bits per heavy atom. The summed E-state index contributed by atoms with van der Waals surface area (Å²) in [7, 11) is 1.67. The summed E-state index contributed by atoms with van der Waals surface area (Å²) in [4.78, 5) is 12.7. The Balaban J connectivity index is 1.65. The molecule has 1 aliphatic heterocycles. The molecule has 0 amide bonds. The van der Waals surface area contributed by atoms with Crippen molar-refractivity contribution >= 4 is 29.2 Å². The Hall–Kier alpha value is -2.80. The number of halogens is 1. The Labute approximate surface area is 156 Å². The predicted molar refractivity (Wildman–Crippen MR) is 102 cm³/mol. The minimum Gasteiger partial charge on any atom is -0.495 e. The van der Waals surface area contributed by atoms with Gasteiger partial charge in [-0.05, 0) is 18.2 Å². The van der Waals surface area contributed by atoms with Crippen LogP contribution in [0.15, 0.2) is 47.6 Å². The van der Waals surface area contributed by atoms with Gasteiger partial charge in [0, 0.05) is 35.8 Å². The monoisotopic (exact) mass is 374 g/mol. The molecule has 1 fully saturated rings. The standard InChI is InChI=1S/C18H19ClN4O3/c1-26-18-5-3-2-4-17(18)21-8-10-22(11-9-21)20-13-14-12-15(23(24)25)6-7-16(14)19/h2-7,12-13H,8-11H2,1H3/b20-13+. The zero-order valence-corrected chi connectivity index (χ0v) is 15.1. The Morgan fingerprint density at radius 1 is 1.19 bits per heavy atom. The molecule has 2 aromatic carbocycles. The molecule has 3 rings (SSSR count). The van der Waals surface area contributed by atoms with E-state index in [1.807, 2.05) is 29.3 Å². The second-order valence-electron chi connectivity index (χ2n) is 5.82. The summed E-state index contributed by atoms with van der Waals surface area (Å²) in [5.74, 6) is 0.854.